The SMILES string of the molecule is CCOC(=O)Nc1nc2ncc(Sc3cccc(C)c3)cc2[nH]1. The number of amides is 1. The molecule has 0 unspecified atom stereocenters. The summed E-state index contributed by atoms with van der Waals surface area (Å²) in [5.74, 6) is 0.323. The van der Waals surface area contributed by atoms with E-state index in [0.717, 1.165) is 15.3 Å². The molecule has 0 spiro atoms. The normalized spacial score (nSPS) is 10.7. The van der Waals surface area contributed by atoms with Crippen LogP contribution in [-0.2, 0) is 4.74 Å². The van der Waals surface area contributed by atoms with Crippen LogP contribution in [0, 0.1) is 6.92 Å². The summed E-state index contributed by atoms with van der Waals surface area (Å²) in [5.41, 5.74) is 2.52. The molecule has 0 aliphatic rings. The van der Waals surface area contributed by atoms with Crippen molar-refractivity contribution in [2.24, 2.45) is 0 Å². The molecule has 0 aliphatic heterocycles. The molecule has 3 rings (SSSR count). The Balaban J connectivity index is 1.80. The number of aryl methyl sites for hydroxylation is 1. The Kier molecular flexibility index (Phi) is 4.47. The summed E-state index contributed by atoms with van der Waals surface area (Å²) in [6, 6.07) is 10.2. The number of benzene rings is 1. The number of hydrogen-bond acceptors (Lipinski definition) is 5. The van der Waals surface area contributed by atoms with Crippen molar-refractivity contribution in [3.63, 3.8) is 0 Å². The van der Waals surface area contributed by atoms with Crippen LogP contribution < -0.4 is 5.32 Å². The molecule has 7 heteroatoms. The summed E-state index contributed by atoms with van der Waals surface area (Å²) in [7, 11) is 0. The first kappa shape index (κ1) is 15.4. The van der Waals surface area contributed by atoms with Gasteiger partial charge in [-0.15, -0.1) is 0 Å². The molecule has 0 saturated heterocycles. The van der Waals surface area contributed by atoms with E-state index >= 15 is 0 Å². The highest BCUT2D eigenvalue weighted by molar-refractivity contribution is 7.99. The number of rotatable bonds is 4. The second-order valence-electron chi connectivity index (χ2n) is 4.89. The summed E-state index contributed by atoms with van der Waals surface area (Å²) in [4.78, 5) is 25.1. The molecule has 23 heavy (non-hydrogen) atoms. The summed E-state index contributed by atoms with van der Waals surface area (Å²) in [6.45, 7) is 4.11. The molecule has 1 amide bonds. The Morgan fingerprint density at radius 3 is 3.00 bits per heavy atom. The van der Waals surface area contributed by atoms with Gasteiger partial charge in [0.15, 0.2) is 5.65 Å². The number of anilines is 1. The van der Waals surface area contributed by atoms with E-state index in [0.29, 0.717) is 18.2 Å². The number of aromatic amines is 1. The first-order valence-electron chi connectivity index (χ1n) is 7.18. The van der Waals surface area contributed by atoms with Crippen molar-refractivity contribution < 1.29 is 9.53 Å². The van der Waals surface area contributed by atoms with Crippen molar-refractivity contribution >= 4 is 35.0 Å². The first-order chi connectivity index (χ1) is 11.1. The van der Waals surface area contributed by atoms with Crippen LogP contribution in [0.25, 0.3) is 11.2 Å². The Morgan fingerprint density at radius 2 is 2.22 bits per heavy atom. The van der Waals surface area contributed by atoms with Crippen LogP contribution in [-0.4, -0.2) is 27.7 Å². The predicted octanol–water partition coefficient (Wildman–Crippen LogP) is 3.99. The Labute approximate surface area is 137 Å². The van der Waals surface area contributed by atoms with Gasteiger partial charge in [-0.3, -0.25) is 5.32 Å². The Hall–Kier alpha value is -2.54. The number of imidazole rings is 1. The summed E-state index contributed by atoms with van der Waals surface area (Å²) in [5, 5.41) is 2.53. The number of carbonyl (C=O) groups excluding carboxylic acids is 1. The van der Waals surface area contributed by atoms with Crippen molar-refractivity contribution in [1.29, 1.82) is 0 Å². The zero-order valence-corrected chi connectivity index (χ0v) is 13.6. The molecular weight excluding hydrogens is 312 g/mol. The lowest BCUT2D eigenvalue weighted by Gasteiger charge is -2.02. The van der Waals surface area contributed by atoms with Gasteiger partial charge in [-0.05, 0) is 32.0 Å². The predicted molar refractivity (Wildman–Crippen MR) is 89.8 cm³/mol. The van der Waals surface area contributed by atoms with Crippen LogP contribution in [0.2, 0.25) is 0 Å². The van der Waals surface area contributed by atoms with Gasteiger partial charge in [0, 0.05) is 16.0 Å². The first-order valence-corrected chi connectivity index (χ1v) is 8.00. The number of H-pyrrole nitrogens is 1. The maximum absolute atomic E-state index is 11.4. The van der Waals surface area contributed by atoms with Gasteiger partial charge in [-0.2, -0.15) is 4.98 Å². The van der Waals surface area contributed by atoms with Crippen molar-refractivity contribution in [3.05, 3.63) is 42.1 Å². The molecule has 6 nitrogen and oxygen atoms in total. The zero-order valence-electron chi connectivity index (χ0n) is 12.8. The van der Waals surface area contributed by atoms with E-state index in [-0.39, 0.29) is 0 Å². The van der Waals surface area contributed by atoms with E-state index in [4.69, 9.17) is 4.74 Å². The van der Waals surface area contributed by atoms with Gasteiger partial charge in [0.2, 0.25) is 5.95 Å². The minimum absolute atomic E-state index is 0.307. The number of pyridine rings is 1. The molecule has 0 bridgehead atoms. The van der Waals surface area contributed by atoms with Crippen LogP contribution in [0.5, 0.6) is 0 Å². The molecule has 2 heterocycles. The smallest absolute Gasteiger partial charge is 0.413 e. The number of aromatic nitrogens is 3. The van der Waals surface area contributed by atoms with Crippen LogP contribution in [0.1, 0.15) is 12.5 Å². The standard InChI is InChI=1S/C16H16N4O2S/c1-3-22-16(21)20-15-18-13-8-12(9-17-14(13)19-15)23-11-6-4-5-10(2)7-11/h4-9H,3H2,1-2H3,(H2,17,18,19,20,21). The number of fused-ring (bicyclic) bond motifs is 1. The zero-order chi connectivity index (χ0) is 16.2. The van der Waals surface area contributed by atoms with E-state index in [2.05, 4.69) is 45.4 Å². The lowest BCUT2D eigenvalue weighted by molar-refractivity contribution is 0.167. The average Bonchev–Trinajstić information content (AvgIpc) is 2.88. The molecule has 3 aromatic rings. The van der Waals surface area contributed by atoms with Gasteiger partial charge in [0.25, 0.3) is 0 Å². The van der Waals surface area contributed by atoms with Gasteiger partial charge in [0.05, 0.1) is 12.1 Å². The van der Waals surface area contributed by atoms with Gasteiger partial charge < -0.3 is 9.72 Å². The Bertz CT molecular complexity index is 847. The quantitative estimate of drug-likeness (QED) is 0.757. The van der Waals surface area contributed by atoms with E-state index in [1.165, 1.54) is 5.56 Å². The fourth-order valence-corrected chi connectivity index (χ4v) is 3.02. The lowest BCUT2D eigenvalue weighted by atomic mass is 10.2. The van der Waals surface area contributed by atoms with Gasteiger partial charge in [-0.1, -0.05) is 29.5 Å². The maximum atomic E-state index is 11.4. The fraction of sp³-hybridized carbons (Fsp3) is 0.188. The minimum atomic E-state index is -0.541. The van der Waals surface area contributed by atoms with E-state index in [9.17, 15) is 4.79 Å². The molecule has 0 fully saturated rings. The highest BCUT2D eigenvalue weighted by Gasteiger charge is 2.09. The number of ether oxygens (including phenoxy) is 1. The molecule has 2 aromatic heterocycles. The second-order valence-corrected chi connectivity index (χ2v) is 6.04. The van der Waals surface area contributed by atoms with E-state index in [1.54, 1.807) is 24.9 Å². The van der Waals surface area contributed by atoms with Crippen LogP contribution >= 0.6 is 11.8 Å². The third kappa shape index (κ3) is 3.81. The molecule has 0 aliphatic carbocycles. The monoisotopic (exact) mass is 328 g/mol. The molecule has 0 atom stereocenters. The highest BCUT2D eigenvalue weighted by atomic mass is 32.2. The highest BCUT2D eigenvalue weighted by Crippen LogP contribution is 2.29. The summed E-state index contributed by atoms with van der Waals surface area (Å²) < 4.78 is 4.82. The minimum Gasteiger partial charge on any atom is -0.450 e. The van der Waals surface area contributed by atoms with Crippen molar-refractivity contribution in [2.75, 3.05) is 11.9 Å². The summed E-state index contributed by atoms with van der Waals surface area (Å²) >= 11 is 1.63. The molecule has 1 aromatic carbocycles. The van der Waals surface area contributed by atoms with Gasteiger partial charge >= 0.3 is 6.09 Å². The molecular formula is C16H16N4O2S. The van der Waals surface area contributed by atoms with Crippen LogP contribution in [0.4, 0.5) is 10.7 Å². The number of carbonyl (C=O) groups is 1. The Morgan fingerprint density at radius 1 is 1.35 bits per heavy atom. The number of hydrogen-bond donors (Lipinski definition) is 2. The van der Waals surface area contributed by atoms with E-state index < -0.39 is 6.09 Å². The van der Waals surface area contributed by atoms with Crippen LogP contribution in [0.15, 0.2) is 46.3 Å². The molecule has 0 radical (unpaired) electrons. The average molecular weight is 328 g/mol. The fourth-order valence-electron chi connectivity index (χ4n) is 2.07. The molecule has 2 N–H and O–H groups in total. The third-order valence-corrected chi connectivity index (χ3v) is 3.98. The number of nitrogens with one attached hydrogen (secondary N) is 2. The topological polar surface area (TPSA) is 79.9 Å². The third-order valence-electron chi connectivity index (χ3n) is 3.03. The van der Waals surface area contributed by atoms with Crippen molar-refractivity contribution in [2.45, 2.75) is 23.6 Å². The van der Waals surface area contributed by atoms with Crippen molar-refractivity contribution in [1.82, 2.24) is 15.0 Å². The van der Waals surface area contributed by atoms with Gasteiger partial charge in [0.1, 0.15) is 0 Å². The lowest BCUT2D eigenvalue weighted by Crippen LogP contribution is -2.14. The maximum Gasteiger partial charge on any atom is 0.413 e. The molecule has 0 saturated carbocycles. The summed E-state index contributed by atoms with van der Waals surface area (Å²) in [6.07, 6.45) is 1.23. The molecule has 118 valence electrons. The van der Waals surface area contributed by atoms with Gasteiger partial charge in [-0.25, -0.2) is 9.78 Å². The van der Waals surface area contributed by atoms with Crippen LogP contribution in [0.3, 0.4) is 0 Å². The van der Waals surface area contributed by atoms with E-state index in [1.807, 2.05) is 12.1 Å². The number of nitrogens with zero attached hydrogens (tertiary/aromatic N) is 2. The second kappa shape index (κ2) is 6.70. The largest absolute Gasteiger partial charge is 0.450 e. The van der Waals surface area contributed by atoms with Crippen molar-refractivity contribution in [3.8, 4) is 0 Å².